The molecular weight excluding hydrogens is 303 g/mol. The molecular formula is C21H23FO2. The Morgan fingerprint density at radius 3 is 2.62 bits per heavy atom. The topological polar surface area (TPSA) is 30.2 Å². The highest BCUT2D eigenvalue weighted by atomic mass is 19.1. The van der Waals surface area contributed by atoms with Crippen LogP contribution in [-0.4, -0.2) is 0 Å². The van der Waals surface area contributed by atoms with E-state index in [-0.39, 0.29) is 11.0 Å². The average Bonchev–Trinajstić information content (AvgIpc) is 2.60. The second kappa shape index (κ2) is 7.16. The fraction of sp³-hybridized carbons (Fsp3) is 0.381. The molecule has 0 saturated carbocycles. The number of fused-ring (bicyclic) bond motifs is 2. The van der Waals surface area contributed by atoms with Crippen LogP contribution < -0.4 is 5.43 Å². The van der Waals surface area contributed by atoms with Gasteiger partial charge in [-0.05, 0) is 42.5 Å². The van der Waals surface area contributed by atoms with Crippen LogP contribution in [0.1, 0.15) is 57.4 Å². The van der Waals surface area contributed by atoms with Crippen LogP contribution in [0.4, 0.5) is 4.39 Å². The molecule has 1 atom stereocenters. The molecule has 1 unspecified atom stereocenters. The Morgan fingerprint density at radius 2 is 1.88 bits per heavy atom. The first-order chi connectivity index (χ1) is 11.7. The first-order valence-electron chi connectivity index (χ1n) is 8.81. The monoisotopic (exact) mass is 326 g/mol. The summed E-state index contributed by atoms with van der Waals surface area (Å²) in [7, 11) is 0. The Morgan fingerprint density at radius 1 is 1.08 bits per heavy atom. The van der Waals surface area contributed by atoms with Crippen LogP contribution in [0, 0.1) is 5.82 Å². The molecule has 0 N–H and O–H groups in total. The minimum Gasteiger partial charge on any atom is -0.453 e. The summed E-state index contributed by atoms with van der Waals surface area (Å²) in [6, 6.07) is 10.2. The van der Waals surface area contributed by atoms with Crippen molar-refractivity contribution in [1.29, 1.82) is 0 Å². The number of halogens is 1. The lowest BCUT2D eigenvalue weighted by Gasteiger charge is -2.17. The van der Waals surface area contributed by atoms with Crippen molar-refractivity contribution in [3.63, 3.8) is 0 Å². The van der Waals surface area contributed by atoms with Crippen LogP contribution in [0.3, 0.4) is 0 Å². The first-order valence-corrected chi connectivity index (χ1v) is 8.81. The molecule has 0 amide bonds. The normalized spacial score (nSPS) is 12.8. The molecule has 0 aliphatic carbocycles. The van der Waals surface area contributed by atoms with Gasteiger partial charge in [-0.2, -0.15) is 0 Å². The van der Waals surface area contributed by atoms with Crippen LogP contribution in [-0.2, 0) is 0 Å². The molecule has 2 nitrogen and oxygen atoms in total. The lowest BCUT2D eigenvalue weighted by atomic mass is 9.88. The molecule has 0 fully saturated rings. The average molecular weight is 326 g/mol. The van der Waals surface area contributed by atoms with Gasteiger partial charge >= 0.3 is 0 Å². The Bertz CT molecular complexity index is 911. The van der Waals surface area contributed by atoms with E-state index in [1.54, 1.807) is 18.2 Å². The van der Waals surface area contributed by atoms with E-state index in [0.29, 0.717) is 22.3 Å². The highest BCUT2D eigenvalue weighted by Gasteiger charge is 2.18. The van der Waals surface area contributed by atoms with Crippen molar-refractivity contribution in [3.8, 4) is 0 Å². The zero-order valence-electron chi connectivity index (χ0n) is 14.3. The number of para-hydroxylation sites is 1. The van der Waals surface area contributed by atoms with Crippen molar-refractivity contribution >= 4 is 21.9 Å². The van der Waals surface area contributed by atoms with Gasteiger partial charge in [0.1, 0.15) is 5.58 Å². The summed E-state index contributed by atoms with van der Waals surface area (Å²) in [5.41, 5.74) is 1.43. The van der Waals surface area contributed by atoms with Gasteiger partial charge in [0, 0.05) is 0 Å². The molecule has 0 bridgehead atoms. The Balaban J connectivity index is 2.20. The number of benzene rings is 2. The number of hydrogen-bond donors (Lipinski definition) is 0. The zero-order chi connectivity index (χ0) is 17.1. The van der Waals surface area contributed by atoms with Gasteiger partial charge in [-0.15, -0.1) is 0 Å². The van der Waals surface area contributed by atoms with Gasteiger partial charge in [-0.25, -0.2) is 4.39 Å². The van der Waals surface area contributed by atoms with Crippen molar-refractivity contribution in [3.05, 3.63) is 58.0 Å². The smallest absolute Gasteiger partial charge is 0.200 e. The Labute approximate surface area is 141 Å². The molecule has 1 heterocycles. The largest absolute Gasteiger partial charge is 0.453 e. The fourth-order valence-electron chi connectivity index (χ4n) is 3.47. The molecule has 3 heteroatoms. The summed E-state index contributed by atoms with van der Waals surface area (Å²) in [4.78, 5) is 13.0. The van der Waals surface area contributed by atoms with Gasteiger partial charge in [0.05, 0.1) is 10.8 Å². The molecule has 0 spiro atoms. The minimum atomic E-state index is -0.494. The van der Waals surface area contributed by atoms with Crippen LogP contribution in [0.5, 0.6) is 0 Å². The van der Waals surface area contributed by atoms with Crippen LogP contribution in [0.2, 0.25) is 0 Å². The summed E-state index contributed by atoms with van der Waals surface area (Å²) in [6.07, 6.45) is 5.56. The van der Waals surface area contributed by atoms with Gasteiger partial charge in [0.25, 0.3) is 0 Å². The Hall–Kier alpha value is -2.16. The molecule has 24 heavy (non-hydrogen) atoms. The molecule has 1 aromatic heterocycles. The van der Waals surface area contributed by atoms with E-state index in [4.69, 9.17) is 4.42 Å². The van der Waals surface area contributed by atoms with Crippen LogP contribution >= 0.6 is 0 Å². The van der Waals surface area contributed by atoms with E-state index in [9.17, 15) is 9.18 Å². The molecule has 126 valence electrons. The molecule has 0 aliphatic heterocycles. The SMILES string of the molecule is CCCCCC(CC)c1cccc2oc3c(F)cccc3c(=O)c12. The summed E-state index contributed by atoms with van der Waals surface area (Å²) in [5.74, 6) is -0.166. The summed E-state index contributed by atoms with van der Waals surface area (Å²) < 4.78 is 19.7. The quantitative estimate of drug-likeness (QED) is 0.401. The third-order valence-electron chi connectivity index (χ3n) is 4.80. The van der Waals surface area contributed by atoms with E-state index in [1.165, 1.54) is 18.9 Å². The van der Waals surface area contributed by atoms with E-state index >= 15 is 0 Å². The molecule has 0 saturated heterocycles. The number of hydrogen-bond acceptors (Lipinski definition) is 2. The molecule has 0 radical (unpaired) electrons. The molecule has 0 aliphatic rings. The van der Waals surface area contributed by atoms with Gasteiger partial charge in [0.2, 0.25) is 5.43 Å². The van der Waals surface area contributed by atoms with Crippen molar-refractivity contribution < 1.29 is 8.81 Å². The predicted octanol–water partition coefficient (Wildman–Crippen LogP) is 6.16. The number of unbranched alkanes of at least 4 members (excludes halogenated alkanes) is 2. The second-order valence-corrected chi connectivity index (χ2v) is 6.37. The Kier molecular flexibility index (Phi) is 4.98. The second-order valence-electron chi connectivity index (χ2n) is 6.37. The maximum absolute atomic E-state index is 14.0. The molecule has 3 rings (SSSR count). The van der Waals surface area contributed by atoms with E-state index in [2.05, 4.69) is 13.8 Å². The van der Waals surface area contributed by atoms with Crippen LogP contribution in [0.25, 0.3) is 21.9 Å². The van der Waals surface area contributed by atoms with E-state index in [0.717, 1.165) is 24.8 Å². The maximum Gasteiger partial charge on any atom is 0.200 e. The lowest BCUT2D eigenvalue weighted by molar-refractivity contribution is 0.554. The van der Waals surface area contributed by atoms with Crippen molar-refractivity contribution in [2.75, 3.05) is 0 Å². The predicted molar refractivity (Wildman–Crippen MR) is 97.1 cm³/mol. The van der Waals surface area contributed by atoms with Crippen LogP contribution in [0.15, 0.2) is 45.6 Å². The van der Waals surface area contributed by atoms with Gasteiger partial charge < -0.3 is 4.42 Å². The fourth-order valence-corrected chi connectivity index (χ4v) is 3.47. The van der Waals surface area contributed by atoms with E-state index in [1.807, 2.05) is 12.1 Å². The minimum absolute atomic E-state index is 0.0474. The summed E-state index contributed by atoms with van der Waals surface area (Å²) in [5, 5.41) is 0.928. The van der Waals surface area contributed by atoms with Crippen molar-refractivity contribution in [2.45, 2.75) is 51.9 Å². The third kappa shape index (κ3) is 2.95. The third-order valence-corrected chi connectivity index (χ3v) is 4.80. The lowest BCUT2D eigenvalue weighted by Crippen LogP contribution is -2.09. The number of rotatable bonds is 6. The summed E-state index contributed by atoms with van der Waals surface area (Å²) >= 11 is 0. The van der Waals surface area contributed by atoms with E-state index < -0.39 is 5.82 Å². The standard InChI is InChI=1S/C21H23FO2/c1-3-5-6-9-14(4-2)15-10-8-13-18-19(15)20(23)16-11-7-12-17(22)21(16)24-18/h7-8,10-14H,3-6,9H2,1-2H3. The van der Waals surface area contributed by atoms with Gasteiger partial charge in [-0.1, -0.05) is 51.3 Å². The zero-order valence-corrected chi connectivity index (χ0v) is 14.3. The van der Waals surface area contributed by atoms with Crippen molar-refractivity contribution in [2.24, 2.45) is 0 Å². The van der Waals surface area contributed by atoms with Crippen molar-refractivity contribution in [1.82, 2.24) is 0 Å². The van der Waals surface area contributed by atoms with Gasteiger partial charge in [-0.3, -0.25) is 4.79 Å². The molecule has 2 aromatic carbocycles. The first kappa shape index (κ1) is 16.7. The van der Waals surface area contributed by atoms with Gasteiger partial charge in [0.15, 0.2) is 11.4 Å². The molecule has 3 aromatic rings. The maximum atomic E-state index is 14.0. The summed E-state index contributed by atoms with van der Waals surface area (Å²) in [6.45, 7) is 4.34. The highest BCUT2D eigenvalue weighted by Crippen LogP contribution is 2.32. The highest BCUT2D eigenvalue weighted by molar-refractivity contribution is 5.91.